The number of imide groups is 2. The van der Waals surface area contributed by atoms with E-state index in [1.54, 1.807) is 24.3 Å². The molecule has 8 heteroatoms. The van der Waals surface area contributed by atoms with Crippen LogP contribution in [0.5, 0.6) is 5.75 Å². The second-order valence-corrected chi connectivity index (χ2v) is 9.58. The second-order valence-electron chi connectivity index (χ2n) is 9.58. The van der Waals surface area contributed by atoms with Crippen molar-refractivity contribution in [3.05, 3.63) is 24.3 Å². The molecular weight excluding hydrogens is 398 g/mol. The highest BCUT2D eigenvalue weighted by Gasteiger charge is 2.42. The lowest BCUT2D eigenvalue weighted by molar-refractivity contribution is -0.131. The van der Waals surface area contributed by atoms with Gasteiger partial charge >= 0.3 is 6.03 Å². The van der Waals surface area contributed by atoms with Gasteiger partial charge in [0, 0.05) is 12.8 Å². The van der Waals surface area contributed by atoms with Crippen molar-refractivity contribution in [3.8, 4) is 5.75 Å². The number of urea groups is 1. The van der Waals surface area contributed by atoms with E-state index in [0.29, 0.717) is 31.0 Å². The molecule has 2 aliphatic rings. The predicted octanol–water partition coefficient (Wildman–Crippen LogP) is 2.93. The monoisotopic (exact) mass is 429 g/mol. The van der Waals surface area contributed by atoms with Gasteiger partial charge in [-0.05, 0) is 61.3 Å². The van der Waals surface area contributed by atoms with Gasteiger partial charge in [-0.25, -0.2) is 9.69 Å². The summed E-state index contributed by atoms with van der Waals surface area (Å²) < 4.78 is 5.39. The molecule has 1 saturated heterocycles. The lowest BCUT2D eigenvalue weighted by atomic mass is 9.63. The number of nitrogens with one attached hydrogen (secondary N) is 1. The zero-order chi connectivity index (χ0) is 22.8. The molecule has 1 aliphatic carbocycles. The summed E-state index contributed by atoms with van der Waals surface area (Å²) in [7, 11) is 0. The van der Waals surface area contributed by atoms with E-state index in [1.165, 1.54) is 6.21 Å². The SMILES string of the molecule is CCOc1ccc(N2C(=O)NC(=O)[C@@H](C=NC[C@@]3(C)C[C@H](O)CC(C)(C)C3)C2=O)cc1. The van der Waals surface area contributed by atoms with E-state index >= 15 is 0 Å². The van der Waals surface area contributed by atoms with Crippen molar-refractivity contribution in [2.45, 2.75) is 53.1 Å². The molecule has 2 N–H and O–H groups in total. The Bertz CT molecular complexity index is 880. The first-order valence-electron chi connectivity index (χ1n) is 10.6. The summed E-state index contributed by atoms with van der Waals surface area (Å²) in [6.07, 6.45) is 3.18. The Morgan fingerprint density at radius 3 is 2.48 bits per heavy atom. The number of nitrogens with zero attached hydrogens (tertiary/aromatic N) is 2. The van der Waals surface area contributed by atoms with E-state index in [9.17, 15) is 19.5 Å². The van der Waals surface area contributed by atoms with Crippen LogP contribution in [0.1, 0.15) is 47.0 Å². The van der Waals surface area contributed by atoms with Crippen LogP contribution < -0.4 is 15.0 Å². The van der Waals surface area contributed by atoms with Gasteiger partial charge in [0.25, 0.3) is 5.91 Å². The molecule has 8 nitrogen and oxygen atoms in total. The number of carbonyl (C=O) groups excluding carboxylic acids is 3. The number of aliphatic hydroxyl groups excluding tert-OH is 1. The Labute approximate surface area is 182 Å². The highest BCUT2D eigenvalue weighted by Crippen LogP contribution is 2.46. The quantitative estimate of drug-likeness (QED) is 0.534. The first kappa shape index (κ1) is 22.9. The normalized spacial score (nSPS) is 28.7. The fourth-order valence-corrected chi connectivity index (χ4v) is 4.90. The van der Waals surface area contributed by atoms with E-state index in [2.05, 4.69) is 31.1 Å². The number of hydrogen-bond acceptors (Lipinski definition) is 6. The minimum atomic E-state index is -1.19. The second kappa shape index (κ2) is 8.78. The van der Waals surface area contributed by atoms with Gasteiger partial charge in [0.15, 0.2) is 5.92 Å². The maximum absolute atomic E-state index is 13.0. The lowest BCUT2D eigenvalue weighted by Crippen LogP contribution is -2.58. The van der Waals surface area contributed by atoms with E-state index < -0.39 is 29.9 Å². The molecule has 31 heavy (non-hydrogen) atoms. The number of rotatable bonds is 6. The first-order chi connectivity index (χ1) is 14.5. The molecule has 168 valence electrons. The zero-order valence-corrected chi connectivity index (χ0v) is 18.6. The van der Waals surface area contributed by atoms with Gasteiger partial charge in [0.05, 0.1) is 18.4 Å². The van der Waals surface area contributed by atoms with Crippen LogP contribution in [0.25, 0.3) is 0 Å². The fraction of sp³-hybridized carbons (Fsp3) is 0.565. The molecule has 1 aromatic rings. The summed E-state index contributed by atoms with van der Waals surface area (Å²) in [5.74, 6) is -1.89. The van der Waals surface area contributed by atoms with Crippen molar-refractivity contribution in [1.29, 1.82) is 0 Å². The average molecular weight is 430 g/mol. The van der Waals surface area contributed by atoms with Crippen LogP contribution >= 0.6 is 0 Å². The third-order valence-corrected chi connectivity index (χ3v) is 5.76. The molecule has 3 atom stereocenters. The molecule has 4 amide bonds. The van der Waals surface area contributed by atoms with Crippen molar-refractivity contribution in [3.63, 3.8) is 0 Å². The Morgan fingerprint density at radius 1 is 1.19 bits per heavy atom. The molecule has 0 spiro atoms. The number of anilines is 1. The summed E-state index contributed by atoms with van der Waals surface area (Å²) in [4.78, 5) is 42.9. The molecule has 0 aromatic heterocycles. The lowest BCUT2D eigenvalue weighted by Gasteiger charge is -2.44. The smallest absolute Gasteiger partial charge is 0.335 e. The molecule has 1 saturated carbocycles. The molecule has 1 aromatic carbocycles. The minimum absolute atomic E-state index is 0.00313. The number of barbiturate groups is 1. The number of ether oxygens (including phenoxy) is 1. The molecule has 1 heterocycles. The third kappa shape index (κ3) is 5.31. The summed E-state index contributed by atoms with van der Waals surface area (Å²) in [6, 6.07) is 5.73. The number of aliphatic hydroxyl groups is 1. The number of hydrogen-bond donors (Lipinski definition) is 2. The van der Waals surface area contributed by atoms with Crippen LogP contribution in [-0.2, 0) is 9.59 Å². The minimum Gasteiger partial charge on any atom is -0.494 e. The van der Waals surface area contributed by atoms with E-state index in [4.69, 9.17) is 4.74 Å². The number of amides is 4. The summed E-state index contributed by atoms with van der Waals surface area (Å²) in [5.41, 5.74) is 0.119. The van der Waals surface area contributed by atoms with Gasteiger partial charge in [0.1, 0.15) is 5.75 Å². The van der Waals surface area contributed by atoms with Crippen LogP contribution in [0, 0.1) is 16.7 Å². The predicted molar refractivity (Wildman–Crippen MR) is 117 cm³/mol. The van der Waals surface area contributed by atoms with Gasteiger partial charge < -0.3 is 9.84 Å². The number of benzene rings is 1. The standard InChI is InChI=1S/C23H31N3O5/c1-5-31-17-8-6-15(7-9-17)26-20(29)18(19(28)25-21(26)30)12-24-14-23(4)11-16(27)10-22(2,3)13-23/h6-9,12,16,18,27H,5,10-11,13-14H2,1-4H3,(H,25,28,30)/t16-,18-,23+/m1/s1. The summed E-state index contributed by atoms with van der Waals surface area (Å²) in [5, 5.41) is 12.5. The molecule has 3 rings (SSSR count). The van der Waals surface area contributed by atoms with Gasteiger partial charge in [0.2, 0.25) is 5.91 Å². The van der Waals surface area contributed by atoms with Crippen LogP contribution in [0.15, 0.2) is 29.3 Å². The number of carbonyl (C=O) groups is 3. The van der Waals surface area contributed by atoms with Gasteiger partial charge in [-0.1, -0.05) is 20.8 Å². The molecule has 0 radical (unpaired) electrons. The van der Waals surface area contributed by atoms with Gasteiger partial charge in [-0.3, -0.25) is 19.9 Å². The Balaban J connectivity index is 1.74. The van der Waals surface area contributed by atoms with Crippen molar-refractivity contribution >= 4 is 29.7 Å². The average Bonchev–Trinajstić information content (AvgIpc) is 2.64. The zero-order valence-electron chi connectivity index (χ0n) is 18.6. The maximum Gasteiger partial charge on any atom is 0.335 e. The van der Waals surface area contributed by atoms with Crippen LogP contribution in [-0.4, -0.2) is 48.4 Å². The molecule has 2 fully saturated rings. The topological polar surface area (TPSA) is 108 Å². The Kier molecular flexibility index (Phi) is 6.50. The largest absolute Gasteiger partial charge is 0.494 e. The highest BCUT2D eigenvalue weighted by molar-refractivity contribution is 6.32. The summed E-state index contributed by atoms with van der Waals surface area (Å²) in [6.45, 7) is 9.06. The third-order valence-electron chi connectivity index (χ3n) is 5.76. The van der Waals surface area contributed by atoms with E-state index in [1.807, 2.05) is 6.92 Å². The van der Waals surface area contributed by atoms with Crippen molar-refractivity contribution in [2.24, 2.45) is 21.7 Å². The van der Waals surface area contributed by atoms with Crippen LogP contribution in [0.4, 0.5) is 10.5 Å². The molecule has 0 unspecified atom stereocenters. The van der Waals surface area contributed by atoms with Gasteiger partial charge in [-0.2, -0.15) is 0 Å². The van der Waals surface area contributed by atoms with Crippen molar-refractivity contribution in [1.82, 2.24) is 5.32 Å². The Morgan fingerprint density at radius 2 is 1.87 bits per heavy atom. The first-order valence-corrected chi connectivity index (χ1v) is 10.6. The van der Waals surface area contributed by atoms with Crippen LogP contribution in [0.2, 0.25) is 0 Å². The van der Waals surface area contributed by atoms with Crippen molar-refractivity contribution < 1.29 is 24.2 Å². The number of aliphatic imine (C=N–C) groups is 1. The van der Waals surface area contributed by atoms with Crippen molar-refractivity contribution in [2.75, 3.05) is 18.1 Å². The summed E-state index contributed by atoms with van der Waals surface area (Å²) >= 11 is 0. The van der Waals surface area contributed by atoms with E-state index in [0.717, 1.165) is 17.7 Å². The molecule has 1 aliphatic heterocycles. The molecule has 0 bridgehead atoms. The fourth-order valence-electron chi connectivity index (χ4n) is 4.90. The van der Waals surface area contributed by atoms with Gasteiger partial charge in [-0.15, -0.1) is 0 Å². The van der Waals surface area contributed by atoms with Crippen LogP contribution in [0.3, 0.4) is 0 Å². The van der Waals surface area contributed by atoms with E-state index in [-0.39, 0.29) is 10.8 Å². The highest BCUT2D eigenvalue weighted by atomic mass is 16.5. The molecular formula is C23H31N3O5. The maximum atomic E-state index is 13.0. The Hall–Kier alpha value is -2.74.